The van der Waals surface area contributed by atoms with Crippen molar-refractivity contribution in [1.82, 2.24) is 15.2 Å². The lowest BCUT2D eigenvalue weighted by Crippen LogP contribution is -2.24. The molecule has 1 aromatic heterocycles. The van der Waals surface area contributed by atoms with Gasteiger partial charge in [0, 0.05) is 5.02 Å². The van der Waals surface area contributed by atoms with E-state index in [2.05, 4.69) is 10.3 Å². The molecule has 1 N–H and O–H groups in total. The van der Waals surface area contributed by atoms with Gasteiger partial charge in [0.05, 0.1) is 0 Å². The van der Waals surface area contributed by atoms with Crippen LogP contribution in [-0.4, -0.2) is 26.9 Å². The molecule has 0 saturated carbocycles. The maximum absolute atomic E-state index is 10.1. The first-order valence-corrected chi connectivity index (χ1v) is 10.5. The fourth-order valence-electron chi connectivity index (χ4n) is 3.08. The Morgan fingerprint density at radius 3 is 2.36 bits per heavy atom. The summed E-state index contributed by atoms with van der Waals surface area (Å²) in [5.41, 5.74) is 1.31. The van der Waals surface area contributed by atoms with Crippen LogP contribution in [0.5, 0.6) is 11.5 Å². The molecule has 4 rings (SSSR count). The number of ether oxygens (including phenoxy) is 1. The molecule has 0 aliphatic carbocycles. The van der Waals surface area contributed by atoms with Crippen LogP contribution in [0, 0.1) is 22.7 Å². The molecule has 33 heavy (non-hydrogen) atoms. The van der Waals surface area contributed by atoms with Crippen LogP contribution >= 0.6 is 34.8 Å². The van der Waals surface area contributed by atoms with E-state index in [1.54, 1.807) is 42.5 Å². The Labute approximate surface area is 202 Å². The first-order valence-electron chi connectivity index (χ1n) is 9.34. The Kier molecular flexibility index (Phi) is 6.43. The molecular weight excluding hydrogens is 489 g/mol. The number of para-hydroxylation sites is 1. The second-order valence-corrected chi connectivity index (χ2v) is 7.88. The van der Waals surface area contributed by atoms with E-state index in [1.165, 1.54) is 4.85 Å². The molecule has 1 atom stereocenters. The quantitative estimate of drug-likeness (QED) is 0.392. The smallest absolute Gasteiger partial charge is 0.160 e. The summed E-state index contributed by atoms with van der Waals surface area (Å²) in [6.07, 6.45) is -0.831. The number of aromatic hydroxyl groups is 1. The number of nitrogens with zero attached hydrogens (tertiary/aromatic N) is 5. The van der Waals surface area contributed by atoms with Gasteiger partial charge in [-0.2, -0.15) is 10.5 Å². The third-order valence-corrected chi connectivity index (χ3v) is 5.79. The fraction of sp³-hybridized carbons (Fsp3) is 0.0909. The minimum Gasteiger partial charge on any atom is -0.505 e. The SMILES string of the molecule is N#Cc1c(O)c(Cl)c(Cl)c(OC(COn2nnc3ccccc32)c2ccc(Cl)cc2)c1C#N. The van der Waals surface area contributed by atoms with Crippen LogP contribution in [-0.2, 0) is 0 Å². The number of halogens is 3. The van der Waals surface area contributed by atoms with Gasteiger partial charge in [0.1, 0.15) is 44.3 Å². The molecule has 0 spiro atoms. The number of phenolic OH excluding ortho intramolecular Hbond substituents is 1. The topological polar surface area (TPSA) is 117 Å². The Morgan fingerprint density at radius 2 is 1.67 bits per heavy atom. The van der Waals surface area contributed by atoms with E-state index < -0.39 is 11.9 Å². The van der Waals surface area contributed by atoms with Crippen LogP contribution in [0.25, 0.3) is 11.0 Å². The molecule has 3 aromatic carbocycles. The van der Waals surface area contributed by atoms with Crippen LogP contribution < -0.4 is 9.57 Å². The van der Waals surface area contributed by atoms with Gasteiger partial charge in [-0.25, -0.2) is 0 Å². The molecule has 11 heteroatoms. The lowest BCUT2D eigenvalue weighted by atomic mass is 10.1. The Bertz CT molecular complexity index is 1420. The van der Waals surface area contributed by atoms with Crippen molar-refractivity contribution in [3.63, 3.8) is 0 Å². The first-order chi connectivity index (χ1) is 15.9. The molecule has 1 heterocycles. The zero-order chi connectivity index (χ0) is 23.5. The van der Waals surface area contributed by atoms with Gasteiger partial charge in [-0.1, -0.05) is 63.9 Å². The summed E-state index contributed by atoms with van der Waals surface area (Å²) in [5.74, 6) is -0.757. The number of fused-ring (bicyclic) bond motifs is 1. The summed E-state index contributed by atoms with van der Waals surface area (Å²) in [7, 11) is 0. The van der Waals surface area contributed by atoms with Crippen molar-refractivity contribution < 1.29 is 14.7 Å². The van der Waals surface area contributed by atoms with Crippen LogP contribution in [0.1, 0.15) is 22.8 Å². The Balaban J connectivity index is 1.74. The van der Waals surface area contributed by atoms with Crippen molar-refractivity contribution >= 4 is 45.8 Å². The van der Waals surface area contributed by atoms with Crippen molar-refractivity contribution in [2.24, 2.45) is 0 Å². The standard InChI is InChI=1S/C22H12Cl3N5O3/c23-13-7-5-12(6-8-13)18(11-32-30-17-4-2-1-3-16(17)28-29-30)33-22-15(10-27)14(9-26)21(31)19(24)20(22)25/h1-8,18,31H,11H2. The number of benzene rings is 3. The number of rotatable bonds is 6. The highest BCUT2D eigenvalue weighted by molar-refractivity contribution is 6.44. The minimum absolute atomic E-state index is 0.0867. The predicted molar refractivity (Wildman–Crippen MR) is 121 cm³/mol. The number of nitriles is 2. The van der Waals surface area contributed by atoms with E-state index >= 15 is 0 Å². The van der Waals surface area contributed by atoms with Crippen LogP contribution in [0.3, 0.4) is 0 Å². The van der Waals surface area contributed by atoms with Gasteiger partial charge in [0.2, 0.25) is 0 Å². The van der Waals surface area contributed by atoms with Gasteiger partial charge in [-0.15, -0.1) is 5.10 Å². The first kappa shape index (κ1) is 22.5. The van der Waals surface area contributed by atoms with E-state index in [1.807, 2.05) is 18.2 Å². The lowest BCUT2D eigenvalue weighted by molar-refractivity contribution is 0.0243. The van der Waals surface area contributed by atoms with Gasteiger partial charge < -0.3 is 14.7 Å². The molecule has 0 saturated heterocycles. The molecule has 4 aromatic rings. The zero-order valence-corrected chi connectivity index (χ0v) is 18.8. The third kappa shape index (κ3) is 4.33. The number of phenols is 1. The van der Waals surface area contributed by atoms with Crippen molar-refractivity contribution in [3.8, 4) is 23.6 Å². The summed E-state index contributed by atoms with van der Waals surface area (Å²) in [5, 5.41) is 37.2. The second-order valence-electron chi connectivity index (χ2n) is 6.68. The average Bonchev–Trinajstić information content (AvgIpc) is 3.25. The summed E-state index contributed by atoms with van der Waals surface area (Å²) in [6.45, 7) is -0.0867. The van der Waals surface area contributed by atoms with Crippen molar-refractivity contribution in [3.05, 3.63) is 80.3 Å². The Hall–Kier alpha value is -3.69. The number of hydrogen-bond acceptors (Lipinski definition) is 7. The van der Waals surface area contributed by atoms with Crippen molar-refractivity contribution in [1.29, 1.82) is 10.5 Å². The molecule has 0 radical (unpaired) electrons. The maximum atomic E-state index is 10.1. The summed E-state index contributed by atoms with van der Waals surface area (Å²) >= 11 is 18.4. The fourth-order valence-corrected chi connectivity index (χ4v) is 3.62. The molecule has 1 unspecified atom stereocenters. The minimum atomic E-state index is -0.831. The molecular formula is C22H12Cl3N5O3. The van der Waals surface area contributed by atoms with Crippen molar-refractivity contribution in [2.45, 2.75) is 6.10 Å². The van der Waals surface area contributed by atoms with Crippen LogP contribution in [0.2, 0.25) is 15.1 Å². The van der Waals surface area contributed by atoms with E-state index in [0.29, 0.717) is 21.6 Å². The van der Waals surface area contributed by atoms with Gasteiger partial charge >= 0.3 is 0 Å². The van der Waals surface area contributed by atoms with Crippen LogP contribution in [0.15, 0.2) is 48.5 Å². The molecule has 0 bridgehead atoms. The number of aromatic nitrogens is 3. The van der Waals surface area contributed by atoms with E-state index in [4.69, 9.17) is 44.4 Å². The largest absolute Gasteiger partial charge is 0.505 e. The molecule has 0 fully saturated rings. The van der Waals surface area contributed by atoms with Crippen molar-refractivity contribution in [2.75, 3.05) is 6.61 Å². The highest BCUT2D eigenvalue weighted by Gasteiger charge is 2.27. The van der Waals surface area contributed by atoms with Gasteiger partial charge in [-0.05, 0) is 35.0 Å². The average molecular weight is 501 g/mol. The third-order valence-electron chi connectivity index (χ3n) is 4.71. The van der Waals surface area contributed by atoms with Crippen LogP contribution in [0.4, 0.5) is 0 Å². The van der Waals surface area contributed by atoms with Gasteiger partial charge in [-0.3, -0.25) is 0 Å². The normalized spacial score (nSPS) is 11.5. The molecule has 8 nitrogen and oxygen atoms in total. The van der Waals surface area contributed by atoms with E-state index in [0.717, 1.165) is 0 Å². The maximum Gasteiger partial charge on any atom is 0.160 e. The highest BCUT2D eigenvalue weighted by Crippen LogP contribution is 2.45. The molecule has 0 aliphatic heterocycles. The summed E-state index contributed by atoms with van der Waals surface area (Å²) in [6, 6.07) is 17.6. The summed E-state index contributed by atoms with van der Waals surface area (Å²) in [4.78, 5) is 7.06. The van der Waals surface area contributed by atoms with Gasteiger partial charge in [0.15, 0.2) is 24.2 Å². The summed E-state index contributed by atoms with van der Waals surface area (Å²) < 4.78 is 6.05. The molecule has 0 amide bonds. The molecule has 164 valence electrons. The highest BCUT2D eigenvalue weighted by atomic mass is 35.5. The zero-order valence-electron chi connectivity index (χ0n) is 16.5. The van der Waals surface area contributed by atoms with E-state index in [9.17, 15) is 15.6 Å². The monoisotopic (exact) mass is 499 g/mol. The molecule has 0 aliphatic rings. The second kappa shape index (κ2) is 9.43. The lowest BCUT2D eigenvalue weighted by Gasteiger charge is -2.22. The van der Waals surface area contributed by atoms with E-state index in [-0.39, 0.29) is 33.5 Å². The van der Waals surface area contributed by atoms with Gasteiger partial charge in [0.25, 0.3) is 0 Å². The number of hydrogen-bond donors (Lipinski definition) is 1. The predicted octanol–water partition coefficient (Wildman–Crippen LogP) is 5.09. The Morgan fingerprint density at radius 1 is 0.970 bits per heavy atom.